The van der Waals surface area contributed by atoms with E-state index in [1.807, 2.05) is 11.3 Å². The Balaban J connectivity index is 2.01. The van der Waals surface area contributed by atoms with Gasteiger partial charge in [-0.05, 0) is 38.0 Å². The molecule has 2 rings (SSSR count). The molecule has 0 amide bonds. The van der Waals surface area contributed by atoms with E-state index in [0.717, 1.165) is 6.42 Å². The van der Waals surface area contributed by atoms with Crippen LogP contribution >= 0.6 is 11.3 Å². The summed E-state index contributed by atoms with van der Waals surface area (Å²) in [5.74, 6) is 0. The topological polar surface area (TPSA) is 12.0 Å². The fourth-order valence-corrected chi connectivity index (χ4v) is 3.08. The number of benzene rings is 1. The molecule has 0 fully saturated rings. The number of thiophene rings is 1. The average molecular weight is 259 g/mol. The van der Waals surface area contributed by atoms with Crippen molar-refractivity contribution >= 4 is 11.3 Å². The first-order valence-corrected chi connectivity index (χ1v) is 7.42. The van der Waals surface area contributed by atoms with Crippen molar-refractivity contribution in [1.82, 2.24) is 5.32 Å². The van der Waals surface area contributed by atoms with Crippen molar-refractivity contribution in [3.63, 3.8) is 0 Å². The molecule has 0 aliphatic heterocycles. The van der Waals surface area contributed by atoms with Gasteiger partial charge in [0.2, 0.25) is 0 Å². The third kappa shape index (κ3) is 3.21. The largest absolute Gasteiger partial charge is 0.303 e. The standard InChI is InChI=1S/C16H21NS/c1-4-15-10-11-16(18-15)13(3)17-12(2)14-8-6-5-7-9-14/h5-13,17H,4H2,1-3H3/t12-,13?/m0/s1. The summed E-state index contributed by atoms with van der Waals surface area (Å²) >= 11 is 1.92. The van der Waals surface area contributed by atoms with E-state index in [4.69, 9.17) is 0 Å². The van der Waals surface area contributed by atoms with E-state index < -0.39 is 0 Å². The van der Waals surface area contributed by atoms with Crippen LogP contribution in [0.15, 0.2) is 42.5 Å². The van der Waals surface area contributed by atoms with Gasteiger partial charge in [-0.25, -0.2) is 0 Å². The molecule has 2 aromatic rings. The van der Waals surface area contributed by atoms with Crippen molar-refractivity contribution in [2.75, 3.05) is 0 Å². The monoisotopic (exact) mass is 259 g/mol. The van der Waals surface area contributed by atoms with Crippen molar-refractivity contribution in [3.05, 3.63) is 57.8 Å². The van der Waals surface area contributed by atoms with Crippen molar-refractivity contribution in [2.24, 2.45) is 0 Å². The summed E-state index contributed by atoms with van der Waals surface area (Å²) in [6.45, 7) is 6.67. The van der Waals surface area contributed by atoms with Crippen LogP contribution < -0.4 is 5.32 Å². The van der Waals surface area contributed by atoms with Gasteiger partial charge >= 0.3 is 0 Å². The SMILES string of the molecule is CCc1ccc(C(C)N[C@@H](C)c2ccccc2)s1. The lowest BCUT2D eigenvalue weighted by Crippen LogP contribution is -2.21. The molecule has 1 aromatic carbocycles. The van der Waals surface area contributed by atoms with Gasteiger partial charge in [0, 0.05) is 21.8 Å². The number of nitrogens with one attached hydrogen (secondary N) is 1. The number of rotatable bonds is 5. The highest BCUT2D eigenvalue weighted by Gasteiger charge is 2.12. The zero-order valence-electron chi connectivity index (χ0n) is 11.3. The molecular weight excluding hydrogens is 238 g/mol. The Morgan fingerprint density at radius 1 is 1.00 bits per heavy atom. The highest BCUT2D eigenvalue weighted by molar-refractivity contribution is 7.12. The molecule has 96 valence electrons. The second-order valence-corrected chi connectivity index (χ2v) is 5.88. The maximum atomic E-state index is 3.66. The fourth-order valence-electron chi connectivity index (χ4n) is 2.11. The second-order valence-electron chi connectivity index (χ2n) is 4.68. The van der Waals surface area contributed by atoms with Crippen LogP contribution in [-0.2, 0) is 6.42 Å². The Morgan fingerprint density at radius 2 is 1.72 bits per heavy atom. The van der Waals surface area contributed by atoms with Gasteiger partial charge in [0.25, 0.3) is 0 Å². The first-order valence-electron chi connectivity index (χ1n) is 6.60. The summed E-state index contributed by atoms with van der Waals surface area (Å²) in [6.07, 6.45) is 1.13. The normalized spacial score (nSPS) is 14.4. The molecule has 18 heavy (non-hydrogen) atoms. The maximum Gasteiger partial charge on any atom is 0.0391 e. The van der Waals surface area contributed by atoms with Crippen LogP contribution in [0.5, 0.6) is 0 Å². The minimum atomic E-state index is 0.383. The van der Waals surface area contributed by atoms with E-state index in [1.165, 1.54) is 15.3 Å². The summed E-state index contributed by atoms with van der Waals surface area (Å²) < 4.78 is 0. The summed E-state index contributed by atoms with van der Waals surface area (Å²) in [7, 11) is 0. The Kier molecular flexibility index (Phi) is 4.56. The molecule has 1 aromatic heterocycles. The van der Waals surface area contributed by atoms with Crippen molar-refractivity contribution < 1.29 is 0 Å². The molecule has 2 heteroatoms. The highest BCUT2D eigenvalue weighted by atomic mass is 32.1. The number of aryl methyl sites for hydroxylation is 1. The molecule has 1 N–H and O–H groups in total. The van der Waals surface area contributed by atoms with Crippen LogP contribution in [-0.4, -0.2) is 0 Å². The molecule has 0 aliphatic rings. The van der Waals surface area contributed by atoms with Gasteiger partial charge in [-0.15, -0.1) is 11.3 Å². The predicted molar refractivity (Wildman–Crippen MR) is 80.1 cm³/mol. The predicted octanol–water partition coefficient (Wildman–Crippen LogP) is 4.72. The van der Waals surface area contributed by atoms with Crippen molar-refractivity contribution in [3.8, 4) is 0 Å². The Morgan fingerprint density at radius 3 is 2.33 bits per heavy atom. The van der Waals surface area contributed by atoms with Crippen LogP contribution in [0.25, 0.3) is 0 Å². The third-order valence-corrected chi connectivity index (χ3v) is 4.67. The van der Waals surface area contributed by atoms with E-state index in [0.29, 0.717) is 12.1 Å². The van der Waals surface area contributed by atoms with Crippen LogP contribution in [0.4, 0.5) is 0 Å². The van der Waals surface area contributed by atoms with Crippen molar-refractivity contribution in [2.45, 2.75) is 39.3 Å². The summed E-state index contributed by atoms with van der Waals surface area (Å²) in [5, 5.41) is 3.66. The van der Waals surface area contributed by atoms with Gasteiger partial charge in [0.05, 0.1) is 0 Å². The minimum absolute atomic E-state index is 0.383. The molecule has 1 nitrogen and oxygen atoms in total. The molecule has 2 atom stereocenters. The smallest absolute Gasteiger partial charge is 0.0391 e. The first-order chi connectivity index (χ1) is 8.70. The molecule has 0 radical (unpaired) electrons. The summed E-state index contributed by atoms with van der Waals surface area (Å²) in [5.41, 5.74) is 1.34. The lowest BCUT2D eigenvalue weighted by atomic mass is 10.1. The summed E-state index contributed by atoms with van der Waals surface area (Å²) in [4.78, 5) is 2.89. The van der Waals surface area contributed by atoms with E-state index in [2.05, 4.69) is 68.6 Å². The molecule has 0 saturated heterocycles. The van der Waals surface area contributed by atoms with E-state index >= 15 is 0 Å². The molecule has 0 aliphatic carbocycles. The Hall–Kier alpha value is -1.12. The van der Waals surface area contributed by atoms with Gasteiger partial charge in [-0.1, -0.05) is 37.3 Å². The molecule has 0 bridgehead atoms. The number of hydrogen-bond donors (Lipinski definition) is 1. The van der Waals surface area contributed by atoms with Gasteiger partial charge in [0.1, 0.15) is 0 Å². The Labute approximate surface area is 114 Å². The summed E-state index contributed by atoms with van der Waals surface area (Å²) in [6, 6.07) is 15.9. The average Bonchev–Trinajstić information content (AvgIpc) is 2.88. The highest BCUT2D eigenvalue weighted by Crippen LogP contribution is 2.25. The van der Waals surface area contributed by atoms with E-state index in [9.17, 15) is 0 Å². The van der Waals surface area contributed by atoms with Gasteiger partial charge < -0.3 is 5.32 Å². The van der Waals surface area contributed by atoms with Crippen LogP contribution in [0, 0.1) is 0 Å². The Bertz CT molecular complexity index is 475. The van der Waals surface area contributed by atoms with Crippen LogP contribution in [0.2, 0.25) is 0 Å². The molecular formula is C16H21NS. The number of hydrogen-bond acceptors (Lipinski definition) is 2. The van der Waals surface area contributed by atoms with E-state index in [-0.39, 0.29) is 0 Å². The van der Waals surface area contributed by atoms with E-state index in [1.54, 1.807) is 0 Å². The van der Waals surface area contributed by atoms with Gasteiger partial charge in [0.15, 0.2) is 0 Å². The maximum absolute atomic E-state index is 3.66. The fraction of sp³-hybridized carbons (Fsp3) is 0.375. The zero-order valence-corrected chi connectivity index (χ0v) is 12.1. The first kappa shape index (κ1) is 13.3. The molecule has 0 saturated carbocycles. The lowest BCUT2D eigenvalue weighted by molar-refractivity contribution is 0.500. The minimum Gasteiger partial charge on any atom is -0.303 e. The quantitative estimate of drug-likeness (QED) is 0.819. The van der Waals surface area contributed by atoms with Gasteiger partial charge in [-0.2, -0.15) is 0 Å². The zero-order chi connectivity index (χ0) is 13.0. The van der Waals surface area contributed by atoms with Crippen LogP contribution in [0.3, 0.4) is 0 Å². The molecule has 1 heterocycles. The third-order valence-electron chi connectivity index (χ3n) is 3.26. The van der Waals surface area contributed by atoms with Crippen LogP contribution in [0.1, 0.15) is 48.2 Å². The van der Waals surface area contributed by atoms with Crippen molar-refractivity contribution in [1.29, 1.82) is 0 Å². The molecule has 0 spiro atoms. The van der Waals surface area contributed by atoms with Gasteiger partial charge in [-0.3, -0.25) is 0 Å². The molecule has 1 unspecified atom stereocenters. The second kappa shape index (κ2) is 6.17. The lowest BCUT2D eigenvalue weighted by Gasteiger charge is -2.19.